The van der Waals surface area contributed by atoms with Crippen LogP contribution in [0.3, 0.4) is 0 Å². The van der Waals surface area contributed by atoms with Gasteiger partial charge < -0.3 is 5.73 Å². The maximum atomic E-state index is 14.3. The maximum absolute atomic E-state index is 14.3. The van der Waals surface area contributed by atoms with Crippen LogP contribution in [0.25, 0.3) is 0 Å². The molecule has 0 aromatic heterocycles. The minimum Gasteiger partial charge on any atom is -0.326 e. The maximum Gasteiger partial charge on any atom is 0.246 e. The van der Waals surface area contributed by atoms with E-state index < -0.39 is 15.8 Å². The van der Waals surface area contributed by atoms with E-state index in [-0.39, 0.29) is 27.4 Å². The lowest BCUT2D eigenvalue weighted by Crippen LogP contribution is -2.31. The van der Waals surface area contributed by atoms with Crippen molar-refractivity contribution in [2.45, 2.75) is 31.7 Å². The Bertz CT molecular complexity index is 632. The highest BCUT2D eigenvalue weighted by Gasteiger charge is 2.38. The van der Waals surface area contributed by atoms with E-state index in [4.69, 9.17) is 17.3 Å². The Morgan fingerprint density at radius 1 is 1.45 bits per heavy atom. The molecule has 0 saturated carbocycles. The Morgan fingerprint density at radius 2 is 2.10 bits per heavy atom. The summed E-state index contributed by atoms with van der Waals surface area (Å²) in [6, 6.07) is 2.50. The molecule has 0 spiro atoms. The minimum absolute atomic E-state index is 0.0968. The number of rotatable bonds is 3. The molecule has 0 atom stereocenters. The van der Waals surface area contributed by atoms with Gasteiger partial charge in [-0.15, -0.1) is 0 Å². The molecule has 0 bridgehead atoms. The number of nitrogens with two attached hydrogens (primary N) is 1. The number of benzene rings is 1. The van der Waals surface area contributed by atoms with Gasteiger partial charge in [-0.2, -0.15) is 4.31 Å². The summed E-state index contributed by atoms with van der Waals surface area (Å²) >= 11 is 5.86. The first-order valence-electron chi connectivity index (χ1n) is 6.35. The second-order valence-corrected chi connectivity index (χ2v) is 8.18. The highest BCUT2D eigenvalue weighted by molar-refractivity contribution is 7.89. The highest BCUT2D eigenvalue weighted by Crippen LogP contribution is 2.34. The average molecular weight is 321 g/mol. The lowest BCUT2D eigenvalue weighted by Gasteiger charge is -2.20. The van der Waals surface area contributed by atoms with Crippen LogP contribution in [0.5, 0.6) is 0 Å². The molecule has 0 radical (unpaired) electrons. The molecule has 112 valence electrons. The zero-order valence-electron chi connectivity index (χ0n) is 11.5. The van der Waals surface area contributed by atoms with E-state index >= 15 is 0 Å². The third kappa shape index (κ3) is 2.83. The predicted octanol–water partition coefficient (Wildman–Crippen LogP) is 2.36. The van der Waals surface area contributed by atoms with Crippen LogP contribution in [0.2, 0.25) is 5.02 Å². The van der Waals surface area contributed by atoms with E-state index in [9.17, 15) is 12.8 Å². The fourth-order valence-electron chi connectivity index (χ4n) is 2.36. The van der Waals surface area contributed by atoms with Crippen molar-refractivity contribution in [3.63, 3.8) is 0 Å². The molecule has 1 heterocycles. The number of hydrogen-bond acceptors (Lipinski definition) is 3. The largest absolute Gasteiger partial charge is 0.326 e. The second kappa shape index (κ2) is 5.26. The molecular formula is C13H18ClFN2O2S. The van der Waals surface area contributed by atoms with Gasteiger partial charge in [0.15, 0.2) is 0 Å². The summed E-state index contributed by atoms with van der Waals surface area (Å²) in [7, 11) is -3.88. The van der Waals surface area contributed by atoms with Gasteiger partial charge in [-0.25, -0.2) is 12.8 Å². The number of sulfonamides is 1. The summed E-state index contributed by atoms with van der Waals surface area (Å²) < 4.78 is 40.7. The molecule has 1 aliphatic heterocycles. The van der Waals surface area contributed by atoms with Gasteiger partial charge in [0.1, 0.15) is 10.7 Å². The van der Waals surface area contributed by atoms with E-state index in [1.165, 1.54) is 10.4 Å². The summed E-state index contributed by atoms with van der Waals surface area (Å²) in [5.74, 6) is -0.804. The molecule has 7 heteroatoms. The molecular weight excluding hydrogens is 303 g/mol. The summed E-state index contributed by atoms with van der Waals surface area (Å²) in [5.41, 5.74) is 5.43. The van der Waals surface area contributed by atoms with Crippen LogP contribution in [0.4, 0.5) is 4.39 Å². The van der Waals surface area contributed by atoms with Gasteiger partial charge >= 0.3 is 0 Å². The first kappa shape index (κ1) is 15.7. The average Bonchev–Trinajstić information content (AvgIpc) is 2.72. The Hall–Kier alpha value is -0.690. The standard InChI is InChI=1S/C13H18ClFN2O2S/c1-13(2)3-4-17(8-13)20(18,19)11-6-10(14)5-9(7-16)12(11)15/h5-6H,3-4,7-8,16H2,1-2H3. The fraction of sp³-hybridized carbons (Fsp3) is 0.538. The molecule has 1 aromatic carbocycles. The Balaban J connectivity index is 2.48. The van der Waals surface area contributed by atoms with Gasteiger partial charge in [0.2, 0.25) is 10.0 Å². The van der Waals surface area contributed by atoms with Crippen molar-refractivity contribution in [2.24, 2.45) is 11.1 Å². The van der Waals surface area contributed by atoms with Gasteiger partial charge in [-0.05, 0) is 24.0 Å². The van der Waals surface area contributed by atoms with E-state index in [0.717, 1.165) is 12.5 Å². The monoisotopic (exact) mass is 320 g/mol. The Morgan fingerprint density at radius 3 is 2.60 bits per heavy atom. The van der Waals surface area contributed by atoms with Crippen LogP contribution >= 0.6 is 11.6 Å². The highest BCUT2D eigenvalue weighted by atomic mass is 35.5. The molecule has 0 amide bonds. The van der Waals surface area contributed by atoms with Crippen molar-refractivity contribution in [1.82, 2.24) is 4.31 Å². The van der Waals surface area contributed by atoms with Crippen molar-refractivity contribution in [3.05, 3.63) is 28.5 Å². The van der Waals surface area contributed by atoms with Crippen LogP contribution in [0.15, 0.2) is 17.0 Å². The van der Waals surface area contributed by atoms with Gasteiger partial charge in [0, 0.05) is 30.2 Å². The van der Waals surface area contributed by atoms with Crippen LogP contribution < -0.4 is 5.73 Å². The summed E-state index contributed by atoms with van der Waals surface area (Å²) in [5, 5.41) is 0.170. The molecule has 4 nitrogen and oxygen atoms in total. The van der Waals surface area contributed by atoms with Gasteiger partial charge in [-0.3, -0.25) is 0 Å². The zero-order chi connectivity index (χ0) is 15.1. The zero-order valence-corrected chi connectivity index (χ0v) is 13.1. The van der Waals surface area contributed by atoms with Crippen molar-refractivity contribution >= 4 is 21.6 Å². The van der Waals surface area contributed by atoms with Gasteiger partial charge in [-0.1, -0.05) is 25.4 Å². The topological polar surface area (TPSA) is 63.4 Å². The third-order valence-electron chi connectivity index (χ3n) is 3.56. The van der Waals surface area contributed by atoms with Crippen LogP contribution in [-0.2, 0) is 16.6 Å². The minimum atomic E-state index is -3.88. The van der Waals surface area contributed by atoms with Crippen molar-refractivity contribution in [3.8, 4) is 0 Å². The summed E-state index contributed by atoms with van der Waals surface area (Å²) in [4.78, 5) is -0.386. The second-order valence-electron chi connectivity index (χ2n) is 5.83. The van der Waals surface area contributed by atoms with E-state index in [2.05, 4.69) is 0 Å². The first-order valence-corrected chi connectivity index (χ1v) is 8.17. The number of hydrogen-bond donors (Lipinski definition) is 1. The van der Waals surface area contributed by atoms with Gasteiger partial charge in [0.25, 0.3) is 0 Å². The van der Waals surface area contributed by atoms with Crippen molar-refractivity contribution < 1.29 is 12.8 Å². The van der Waals surface area contributed by atoms with Crippen LogP contribution in [0.1, 0.15) is 25.8 Å². The van der Waals surface area contributed by atoms with E-state index in [1.807, 2.05) is 13.8 Å². The predicted molar refractivity (Wildman–Crippen MR) is 76.5 cm³/mol. The van der Waals surface area contributed by atoms with E-state index in [1.54, 1.807) is 0 Å². The number of nitrogens with zero attached hydrogens (tertiary/aromatic N) is 1. The van der Waals surface area contributed by atoms with E-state index in [0.29, 0.717) is 13.1 Å². The lowest BCUT2D eigenvalue weighted by molar-refractivity contribution is 0.374. The normalized spacial score (nSPS) is 19.4. The molecule has 0 unspecified atom stereocenters. The van der Waals surface area contributed by atoms with Crippen LogP contribution in [0, 0.1) is 11.2 Å². The smallest absolute Gasteiger partial charge is 0.246 e. The van der Waals surface area contributed by atoms with Crippen LogP contribution in [-0.4, -0.2) is 25.8 Å². The molecule has 2 N–H and O–H groups in total. The molecule has 2 rings (SSSR count). The SMILES string of the molecule is CC1(C)CCN(S(=O)(=O)c2cc(Cl)cc(CN)c2F)C1. The molecule has 1 aliphatic rings. The molecule has 1 aromatic rings. The van der Waals surface area contributed by atoms with Gasteiger partial charge in [0.05, 0.1) is 0 Å². The summed E-state index contributed by atoms with van der Waals surface area (Å²) in [6.45, 7) is 4.64. The van der Waals surface area contributed by atoms with Crippen molar-refractivity contribution in [2.75, 3.05) is 13.1 Å². The molecule has 1 saturated heterocycles. The Kier molecular flexibility index (Phi) is 4.12. The number of halogens is 2. The third-order valence-corrected chi connectivity index (χ3v) is 5.62. The lowest BCUT2D eigenvalue weighted by atomic mass is 9.93. The first-order chi connectivity index (χ1) is 9.17. The summed E-state index contributed by atoms with van der Waals surface area (Å²) in [6.07, 6.45) is 0.748. The molecule has 1 fully saturated rings. The molecule has 20 heavy (non-hydrogen) atoms. The quantitative estimate of drug-likeness (QED) is 0.930. The fourth-order valence-corrected chi connectivity index (χ4v) is 4.43. The van der Waals surface area contributed by atoms with Crippen molar-refractivity contribution in [1.29, 1.82) is 0 Å². The Labute approximate surface area is 123 Å². The molecule has 0 aliphatic carbocycles.